The number of nitrogens with zero attached hydrogens (tertiary/aromatic N) is 1. The molecule has 0 radical (unpaired) electrons. The number of fused-ring (bicyclic) bond motifs is 1. The molecule has 1 aromatic carbocycles. The number of anilines is 1. The van der Waals surface area contributed by atoms with Gasteiger partial charge in [0, 0.05) is 31.1 Å². The number of amides is 2. The van der Waals surface area contributed by atoms with Gasteiger partial charge in [0.05, 0.1) is 17.0 Å². The van der Waals surface area contributed by atoms with Gasteiger partial charge in [-0.1, -0.05) is 11.6 Å². The molecule has 0 bridgehead atoms. The van der Waals surface area contributed by atoms with Crippen LogP contribution in [-0.4, -0.2) is 43.0 Å². The molecule has 0 spiro atoms. The maximum absolute atomic E-state index is 12.6. The SMILES string of the molecule is O=C(Nc1cc2c(cc1Cl)OCCO2)C1CCN(C(=O)c2ccco2)CC1. The van der Waals surface area contributed by atoms with Crippen molar-refractivity contribution in [3.8, 4) is 11.5 Å². The van der Waals surface area contributed by atoms with Gasteiger partial charge in [-0.25, -0.2) is 0 Å². The molecule has 1 saturated heterocycles. The maximum atomic E-state index is 12.6. The first-order valence-electron chi connectivity index (χ1n) is 8.84. The second-order valence-corrected chi connectivity index (χ2v) is 6.92. The first-order valence-corrected chi connectivity index (χ1v) is 9.22. The van der Waals surface area contributed by atoms with E-state index in [0.29, 0.717) is 67.1 Å². The summed E-state index contributed by atoms with van der Waals surface area (Å²) in [4.78, 5) is 26.6. The van der Waals surface area contributed by atoms with Crippen LogP contribution in [-0.2, 0) is 4.79 Å². The summed E-state index contributed by atoms with van der Waals surface area (Å²) in [6, 6.07) is 6.66. The summed E-state index contributed by atoms with van der Waals surface area (Å²) in [6.07, 6.45) is 2.64. The Morgan fingerprint density at radius 2 is 1.81 bits per heavy atom. The Morgan fingerprint density at radius 1 is 1.11 bits per heavy atom. The summed E-state index contributed by atoms with van der Waals surface area (Å²) < 4.78 is 16.2. The van der Waals surface area contributed by atoms with E-state index < -0.39 is 0 Å². The average molecular weight is 391 g/mol. The third-order valence-corrected chi connectivity index (χ3v) is 5.09. The number of furan rings is 1. The summed E-state index contributed by atoms with van der Waals surface area (Å²) in [5.41, 5.74) is 0.500. The molecule has 1 fully saturated rings. The zero-order valence-electron chi connectivity index (χ0n) is 14.6. The van der Waals surface area contributed by atoms with E-state index in [4.69, 9.17) is 25.5 Å². The molecular formula is C19H19ClN2O5. The van der Waals surface area contributed by atoms with Gasteiger partial charge in [0.2, 0.25) is 5.91 Å². The standard InChI is InChI=1S/C19H19ClN2O5/c20-13-10-16-17(27-9-8-26-16)11-14(13)21-18(23)12-3-5-22(6-4-12)19(24)15-2-1-7-25-15/h1-2,7,10-12H,3-6,8-9H2,(H,21,23). The molecule has 0 saturated carbocycles. The molecule has 2 aromatic rings. The predicted octanol–water partition coefficient (Wildman–Crippen LogP) is 3.20. The monoisotopic (exact) mass is 390 g/mol. The van der Waals surface area contributed by atoms with E-state index in [1.807, 2.05) is 0 Å². The van der Waals surface area contributed by atoms with E-state index in [1.165, 1.54) is 6.26 Å². The molecule has 1 N–H and O–H groups in total. The van der Waals surface area contributed by atoms with Gasteiger partial charge in [0.15, 0.2) is 17.3 Å². The van der Waals surface area contributed by atoms with E-state index in [2.05, 4.69) is 5.32 Å². The summed E-state index contributed by atoms with van der Waals surface area (Å²) >= 11 is 6.25. The molecule has 0 unspecified atom stereocenters. The first-order chi connectivity index (χ1) is 13.1. The smallest absolute Gasteiger partial charge is 0.289 e. The fourth-order valence-corrected chi connectivity index (χ4v) is 3.50. The Balaban J connectivity index is 1.37. The highest BCUT2D eigenvalue weighted by atomic mass is 35.5. The van der Waals surface area contributed by atoms with Crippen LogP contribution in [0.4, 0.5) is 5.69 Å². The number of carbonyl (C=O) groups excluding carboxylic acids is 2. The van der Waals surface area contributed by atoms with Crippen LogP contribution in [0.3, 0.4) is 0 Å². The molecule has 142 valence electrons. The van der Waals surface area contributed by atoms with E-state index in [9.17, 15) is 9.59 Å². The van der Waals surface area contributed by atoms with Crippen molar-refractivity contribution in [2.24, 2.45) is 5.92 Å². The van der Waals surface area contributed by atoms with Gasteiger partial charge < -0.3 is 24.1 Å². The second kappa shape index (κ2) is 7.52. The fraction of sp³-hybridized carbons (Fsp3) is 0.368. The van der Waals surface area contributed by atoms with Crippen LogP contribution in [0, 0.1) is 5.92 Å². The molecule has 2 aliphatic rings. The summed E-state index contributed by atoms with van der Waals surface area (Å²) in [5, 5.41) is 3.27. The number of likely N-dealkylation sites (tertiary alicyclic amines) is 1. The van der Waals surface area contributed by atoms with Crippen LogP contribution in [0.15, 0.2) is 34.9 Å². The molecule has 7 nitrogen and oxygen atoms in total. The number of piperidine rings is 1. The third-order valence-electron chi connectivity index (χ3n) is 4.77. The van der Waals surface area contributed by atoms with Crippen molar-refractivity contribution in [3.63, 3.8) is 0 Å². The summed E-state index contributed by atoms with van der Waals surface area (Å²) in [7, 11) is 0. The number of halogens is 1. The Kier molecular flexibility index (Phi) is 4.94. The molecule has 2 aliphatic heterocycles. The van der Waals surface area contributed by atoms with Crippen LogP contribution in [0.25, 0.3) is 0 Å². The molecule has 1 aromatic heterocycles. The van der Waals surface area contributed by atoms with Gasteiger partial charge in [-0.15, -0.1) is 0 Å². The van der Waals surface area contributed by atoms with Gasteiger partial charge in [-0.05, 0) is 25.0 Å². The highest BCUT2D eigenvalue weighted by Gasteiger charge is 2.29. The van der Waals surface area contributed by atoms with E-state index in [-0.39, 0.29) is 17.7 Å². The van der Waals surface area contributed by atoms with Crippen molar-refractivity contribution in [1.82, 2.24) is 4.90 Å². The highest BCUT2D eigenvalue weighted by Crippen LogP contribution is 2.38. The van der Waals surface area contributed by atoms with Gasteiger partial charge >= 0.3 is 0 Å². The largest absolute Gasteiger partial charge is 0.486 e. The van der Waals surface area contributed by atoms with Crippen LogP contribution in [0.1, 0.15) is 23.4 Å². The van der Waals surface area contributed by atoms with Crippen molar-refractivity contribution >= 4 is 29.1 Å². The van der Waals surface area contributed by atoms with Crippen molar-refractivity contribution in [2.45, 2.75) is 12.8 Å². The number of ether oxygens (including phenoxy) is 2. The van der Waals surface area contributed by atoms with Crippen molar-refractivity contribution in [2.75, 3.05) is 31.6 Å². The van der Waals surface area contributed by atoms with E-state index in [0.717, 1.165) is 0 Å². The topological polar surface area (TPSA) is 81.0 Å². The van der Waals surface area contributed by atoms with Gasteiger partial charge in [-0.2, -0.15) is 0 Å². The minimum atomic E-state index is -0.185. The zero-order valence-corrected chi connectivity index (χ0v) is 15.3. The summed E-state index contributed by atoms with van der Waals surface area (Å²) in [6.45, 7) is 1.95. The number of benzene rings is 1. The molecule has 4 rings (SSSR count). The van der Waals surface area contributed by atoms with Gasteiger partial charge in [0.25, 0.3) is 5.91 Å². The minimum absolute atomic E-state index is 0.112. The molecule has 27 heavy (non-hydrogen) atoms. The Hall–Kier alpha value is -2.67. The number of carbonyl (C=O) groups is 2. The molecule has 3 heterocycles. The molecule has 2 amide bonds. The van der Waals surface area contributed by atoms with Crippen molar-refractivity contribution in [1.29, 1.82) is 0 Å². The molecule has 0 atom stereocenters. The Labute approximate surface area is 161 Å². The fourth-order valence-electron chi connectivity index (χ4n) is 3.30. The lowest BCUT2D eigenvalue weighted by atomic mass is 9.95. The van der Waals surface area contributed by atoms with Crippen LogP contribution < -0.4 is 14.8 Å². The average Bonchev–Trinajstić information content (AvgIpc) is 3.23. The maximum Gasteiger partial charge on any atom is 0.289 e. The quantitative estimate of drug-likeness (QED) is 0.870. The first kappa shape index (κ1) is 17.7. The molecule has 0 aliphatic carbocycles. The van der Waals surface area contributed by atoms with Gasteiger partial charge in [0.1, 0.15) is 13.2 Å². The van der Waals surface area contributed by atoms with Gasteiger partial charge in [-0.3, -0.25) is 9.59 Å². The Bertz CT molecular complexity index is 844. The van der Waals surface area contributed by atoms with Crippen LogP contribution in [0.2, 0.25) is 5.02 Å². The second-order valence-electron chi connectivity index (χ2n) is 6.51. The molecule has 8 heteroatoms. The van der Waals surface area contributed by atoms with Crippen molar-refractivity contribution in [3.05, 3.63) is 41.3 Å². The van der Waals surface area contributed by atoms with E-state index >= 15 is 0 Å². The summed E-state index contributed by atoms with van der Waals surface area (Å²) in [5.74, 6) is 1.03. The number of rotatable bonds is 3. The zero-order chi connectivity index (χ0) is 18.8. The number of hydrogen-bond acceptors (Lipinski definition) is 5. The van der Waals surface area contributed by atoms with Crippen LogP contribution >= 0.6 is 11.6 Å². The van der Waals surface area contributed by atoms with E-state index in [1.54, 1.807) is 29.2 Å². The van der Waals surface area contributed by atoms with Crippen LogP contribution in [0.5, 0.6) is 11.5 Å². The molecular weight excluding hydrogens is 372 g/mol. The third kappa shape index (κ3) is 3.73. The van der Waals surface area contributed by atoms with Crippen molar-refractivity contribution < 1.29 is 23.5 Å². The lowest BCUT2D eigenvalue weighted by Gasteiger charge is -2.31. The lowest BCUT2D eigenvalue weighted by molar-refractivity contribution is -0.121. The lowest BCUT2D eigenvalue weighted by Crippen LogP contribution is -2.41. The normalized spacial score (nSPS) is 16.9. The number of hydrogen-bond donors (Lipinski definition) is 1. The minimum Gasteiger partial charge on any atom is -0.486 e. The predicted molar refractivity (Wildman–Crippen MR) is 98.4 cm³/mol. The highest BCUT2D eigenvalue weighted by molar-refractivity contribution is 6.34. The Morgan fingerprint density at radius 3 is 2.48 bits per heavy atom. The number of nitrogens with one attached hydrogen (secondary N) is 1.